The first-order chi connectivity index (χ1) is 13.2. The summed E-state index contributed by atoms with van der Waals surface area (Å²) in [5, 5.41) is 7.16. The van der Waals surface area contributed by atoms with Crippen molar-refractivity contribution in [2.24, 2.45) is 0 Å². The molecule has 3 aromatic rings. The largest absolute Gasteiger partial charge is 0.496 e. The summed E-state index contributed by atoms with van der Waals surface area (Å²) in [7, 11) is 4.55. The Morgan fingerprint density at radius 1 is 1.00 bits per heavy atom. The van der Waals surface area contributed by atoms with E-state index in [1.54, 1.807) is 23.0 Å². The molecule has 140 valence electrons. The summed E-state index contributed by atoms with van der Waals surface area (Å²) < 4.78 is 17.7. The van der Waals surface area contributed by atoms with Crippen LogP contribution < -0.4 is 19.5 Å². The normalized spacial score (nSPS) is 10.3. The van der Waals surface area contributed by atoms with E-state index in [9.17, 15) is 4.79 Å². The minimum atomic E-state index is -0.305. The molecule has 7 heteroatoms. The van der Waals surface area contributed by atoms with E-state index >= 15 is 0 Å². The Kier molecular flexibility index (Phi) is 5.61. The van der Waals surface area contributed by atoms with Gasteiger partial charge in [-0.25, -0.2) is 0 Å². The third-order valence-electron chi connectivity index (χ3n) is 4.11. The highest BCUT2D eigenvalue weighted by atomic mass is 16.5. The van der Waals surface area contributed by atoms with Gasteiger partial charge in [0.2, 0.25) is 0 Å². The summed E-state index contributed by atoms with van der Waals surface area (Å²) in [5.41, 5.74) is 1.99. The summed E-state index contributed by atoms with van der Waals surface area (Å²) in [6.07, 6.45) is 3.59. The summed E-state index contributed by atoms with van der Waals surface area (Å²) in [4.78, 5) is 12.9. The van der Waals surface area contributed by atoms with E-state index in [0.29, 0.717) is 35.0 Å². The lowest BCUT2D eigenvalue weighted by molar-refractivity contribution is 0.102. The highest BCUT2D eigenvalue weighted by Gasteiger charge is 2.18. The molecular weight excluding hydrogens is 346 g/mol. The van der Waals surface area contributed by atoms with Crippen LogP contribution in [0.5, 0.6) is 17.2 Å². The molecule has 0 saturated heterocycles. The van der Waals surface area contributed by atoms with E-state index in [1.807, 2.05) is 36.5 Å². The maximum atomic E-state index is 12.9. The van der Waals surface area contributed by atoms with Gasteiger partial charge in [-0.2, -0.15) is 5.10 Å². The second kappa shape index (κ2) is 8.27. The van der Waals surface area contributed by atoms with Crippen molar-refractivity contribution < 1.29 is 19.0 Å². The predicted molar refractivity (Wildman–Crippen MR) is 102 cm³/mol. The van der Waals surface area contributed by atoms with E-state index in [2.05, 4.69) is 10.4 Å². The van der Waals surface area contributed by atoms with E-state index in [0.717, 1.165) is 5.56 Å². The highest BCUT2D eigenvalue weighted by molar-refractivity contribution is 6.07. The molecule has 0 bridgehead atoms. The number of methoxy groups -OCH3 is 3. The zero-order chi connectivity index (χ0) is 19.2. The summed E-state index contributed by atoms with van der Waals surface area (Å²) >= 11 is 0. The molecule has 0 saturated carbocycles. The first-order valence-corrected chi connectivity index (χ1v) is 8.33. The van der Waals surface area contributed by atoms with Crippen LogP contribution in [0.2, 0.25) is 0 Å². The van der Waals surface area contributed by atoms with Crippen molar-refractivity contribution in [1.82, 2.24) is 9.78 Å². The van der Waals surface area contributed by atoms with Crippen LogP contribution in [-0.4, -0.2) is 37.0 Å². The van der Waals surface area contributed by atoms with Crippen LogP contribution in [0.25, 0.3) is 0 Å². The Labute approximate surface area is 157 Å². The Morgan fingerprint density at radius 3 is 2.37 bits per heavy atom. The number of nitrogens with one attached hydrogen (secondary N) is 1. The average molecular weight is 367 g/mol. The SMILES string of the molecule is COc1cc(OC)c(C(=O)Nc2ccccc2Cn2cccn2)cc1OC. The number of hydrogen-bond donors (Lipinski definition) is 1. The van der Waals surface area contributed by atoms with Crippen molar-refractivity contribution in [3.63, 3.8) is 0 Å². The van der Waals surface area contributed by atoms with Gasteiger partial charge in [0.15, 0.2) is 11.5 Å². The van der Waals surface area contributed by atoms with E-state index in [1.165, 1.54) is 21.3 Å². The molecule has 0 aliphatic carbocycles. The third-order valence-corrected chi connectivity index (χ3v) is 4.11. The van der Waals surface area contributed by atoms with Gasteiger partial charge >= 0.3 is 0 Å². The average Bonchev–Trinajstić information content (AvgIpc) is 3.21. The number of benzene rings is 2. The van der Waals surface area contributed by atoms with Gasteiger partial charge < -0.3 is 19.5 Å². The Hall–Kier alpha value is -3.48. The number of amides is 1. The Balaban J connectivity index is 1.90. The number of aromatic nitrogens is 2. The van der Waals surface area contributed by atoms with E-state index < -0.39 is 0 Å². The highest BCUT2D eigenvalue weighted by Crippen LogP contribution is 2.35. The molecule has 0 radical (unpaired) electrons. The number of carbonyl (C=O) groups excluding carboxylic acids is 1. The molecule has 2 aromatic carbocycles. The minimum Gasteiger partial charge on any atom is -0.496 e. The molecular formula is C20H21N3O4. The van der Waals surface area contributed by atoms with Gasteiger partial charge in [0.05, 0.1) is 33.4 Å². The first kappa shape index (κ1) is 18.3. The molecule has 1 N–H and O–H groups in total. The van der Waals surface area contributed by atoms with Crippen molar-refractivity contribution in [3.05, 3.63) is 66.0 Å². The van der Waals surface area contributed by atoms with Crippen molar-refractivity contribution >= 4 is 11.6 Å². The van der Waals surface area contributed by atoms with Crippen LogP contribution in [0.1, 0.15) is 15.9 Å². The molecule has 0 unspecified atom stereocenters. The smallest absolute Gasteiger partial charge is 0.259 e. The van der Waals surface area contributed by atoms with Crippen molar-refractivity contribution in [1.29, 1.82) is 0 Å². The molecule has 0 fully saturated rings. The van der Waals surface area contributed by atoms with Crippen molar-refractivity contribution in [2.45, 2.75) is 6.54 Å². The molecule has 0 spiro atoms. The van der Waals surface area contributed by atoms with Crippen LogP contribution in [-0.2, 0) is 6.54 Å². The lowest BCUT2D eigenvalue weighted by Gasteiger charge is -2.15. The van der Waals surface area contributed by atoms with Gasteiger partial charge in [0.1, 0.15) is 5.75 Å². The van der Waals surface area contributed by atoms with Crippen LogP contribution in [0.15, 0.2) is 54.9 Å². The number of ether oxygens (including phenoxy) is 3. The molecule has 7 nitrogen and oxygen atoms in total. The maximum absolute atomic E-state index is 12.9. The van der Waals surface area contributed by atoms with Gasteiger partial charge in [-0.3, -0.25) is 9.48 Å². The number of anilines is 1. The van der Waals surface area contributed by atoms with Crippen LogP contribution >= 0.6 is 0 Å². The molecule has 3 rings (SSSR count). The van der Waals surface area contributed by atoms with Gasteiger partial charge in [-0.05, 0) is 17.7 Å². The molecule has 27 heavy (non-hydrogen) atoms. The summed E-state index contributed by atoms with van der Waals surface area (Å²) in [5.74, 6) is 1.04. The van der Waals surface area contributed by atoms with E-state index in [-0.39, 0.29) is 5.91 Å². The lowest BCUT2D eigenvalue weighted by atomic mass is 10.1. The molecule has 0 aliphatic rings. The van der Waals surface area contributed by atoms with Crippen LogP contribution in [0.3, 0.4) is 0 Å². The number of para-hydroxylation sites is 1. The number of hydrogen-bond acceptors (Lipinski definition) is 5. The second-order valence-corrected chi connectivity index (χ2v) is 5.72. The monoisotopic (exact) mass is 367 g/mol. The summed E-state index contributed by atoms with van der Waals surface area (Å²) in [6, 6.07) is 12.7. The topological polar surface area (TPSA) is 74.6 Å². The van der Waals surface area contributed by atoms with Crippen molar-refractivity contribution in [3.8, 4) is 17.2 Å². The fourth-order valence-corrected chi connectivity index (χ4v) is 2.74. The Morgan fingerprint density at radius 2 is 1.70 bits per heavy atom. The minimum absolute atomic E-state index is 0.305. The standard InChI is InChI=1S/C20H21N3O4/c1-25-17-12-19(27-3)18(26-2)11-15(17)20(24)22-16-8-5-4-7-14(16)13-23-10-6-9-21-23/h4-12H,13H2,1-3H3,(H,22,24). The third kappa shape index (κ3) is 4.03. The molecule has 1 amide bonds. The Bertz CT molecular complexity index is 923. The fourth-order valence-electron chi connectivity index (χ4n) is 2.74. The number of nitrogens with zero attached hydrogens (tertiary/aromatic N) is 2. The van der Waals surface area contributed by atoms with Gasteiger partial charge in [-0.1, -0.05) is 18.2 Å². The first-order valence-electron chi connectivity index (χ1n) is 8.33. The van der Waals surface area contributed by atoms with Crippen molar-refractivity contribution in [2.75, 3.05) is 26.6 Å². The fraction of sp³-hybridized carbons (Fsp3) is 0.200. The predicted octanol–water partition coefficient (Wildman–Crippen LogP) is 3.21. The zero-order valence-corrected chi connectivity index (χ0v) is 15.4. The summed E-state index contributed by atoms with van der Waals surface area (Å²) in [6.45, 7) is 0.548. The van der Waals surface area contributed by atoms with Crippen LogP contribution in [0, 0.1) is 0 Å². The molecule has 1 heterocycles. The zero-order valence-electron chi connectivity index (χ0n) is 15.4. The van der Waals surface area contributed by atoms with Gasteiger partial charge in [-0.15, -0.1) is 0 Å². The van der Waals surface area contributed by atoms with E-state index in [4.69, 9.17) is 14.2 Å². The van der Waals surface area contributed by atoms with Gasteiger partial charge in [0.25, 0.3) is 5.91 Å². The molecule has 0 atom stereocenters. The lowest BCUT2D eigenvalue weighted by Crippen LogP contribution is -2.15. The quantitative estimate of drug-likeness (QED) is 0.694. The second-order valence-electron chi connectivity index (χ2n) is 5.72. The molecule has 0 aliphatic heterocycles. The van der Waals surface area contributed by atoms with Crippen LogP contribution in [0.4, 0.5) is 5.69 Å². The van der Waals surface area contributed by atoms with Gasteiger partial charge in [0, 0.05) is 30.2 Å². The number of carbonyl (C=O) groups is 1. The maximum Gasteiger partial charge on any atom is 0.259 e. The number of rotatable bonds is 7. The molecule has 1 aromatic heterocycles.